The fourth-order valence-corrected chi connectivity index (χ4v) is 18.0. The highest BCUT2D eigenvalue weighted by molar-refractivity contribution is 7.89. The van der Waals surface area contributed by atoms with Gasteiger partial charge < -0.3 is 74.7 Å². The number of aromatic nitrogens is 3. The van der Waals surface area contributed by atoms with Crippen LogP contribution in [0.2, 0.25) is 0 Å². The van der Waals surface area contributed by atoms with Crippen LogP contribution in [-0.4, -0.2) is 290 Å². The summed E-state index contributed by atoms with van der Waals surface area (Å²) in [5.74, 6) is -7.03. The van der Waals surface area contributed by atoms with E-state index in [4.69, 9.17) is 38.1 Å². The molecule has 0 aliphatic carbocycles. The van der Waals surface area contributed by atoms with Gasteiger partial charge in [0, 0.05) is 148 Å². The Labute approximate surface area is 828 Å². The molecule has 2 unspecified atom stereocenters. The lowest BCUT2D eigenvalue weighted by Gasteiger charge is -2.38. The average molecular weight is 1980 g/mol. The van der Waals surface area contributed by atoms with Crippen molar-refractivity contribution >= 4 is 92.2 Å². The number of hydrogen-bond donors (Lipinski definition) is 9. The number of carbonyl (C=O) groups excluding carboxylic acids is 11. The number of amides is 5. The van der Waals surface area contributed by atoms with Crippen LogP contribution in [0.4, 0.5) is 5.95 Å². The number of esters is 6. The first-order valence-corrected chi connectivity index (χ1v) is 49.4. The van der Waals surface area contributed by atoms with Crippen molar-refractivity contribution < 1.29 is 99.4 Å². The third-order valence-electron chi connectivity index (χ3n) is 22.2. The number of aryl methyl sites for hydroxylation is 4. The summed E-state index contributed by atoms with van der Waals surface area (Å²) in [5.41, 5.74) is -0.443. The molecular formula is C103H147N15O22S. The topological polar surface area (TPSA) is 456 Å². The van der Waals surface area contributed by atoms with E-state index < -0.39 is 158 Å². The molecule has 1 aliphatic heterocycles. The molecule has 0 radical (unpaired) electrons. The fraction of sp³-hybridized carbons (Fsp3) is 0.544. The number of anilines is 1. The van der Waals surface area contributed by atoms with Crippen LogP contribution in [-0.2, 0) is 110 Å². The summed E-state index contributed by atoms with van der Waals surface area (Å²) in [6.45, 7) is 32.7. The largest absolute Gasteiger partial charge is 0.468 e. The number of pyridine rings is 1. The summed E-state index contributed by atoms with van der Waals surface area (Å²) in [4.78, 5) is 177. The van der Waals surface area contributed by atoms with Crippen LogP contribution in [0.3, 0.4) is 0 Å². The zero-order valence-corrected chi connectivity index (χ0v) is 86.1. The Morgan fingerprint density at radius 1 is 0.504 bits per heavy atom. The summed E-state index contributed by atoms with van der Waals surface area (Å²) < 4.78 is 73.2. The number of methoxy groups -OCH3 is 1. The minimum absolute atomic E-state index is 0.0102. The van der Waals surface area contributed by atoms with Crippen LogP contribution >= 0.6 is 0 Å². The predicted octanol–water partition coefficient (Wildman–Crippen LogP) is 7.61. The van der Waals surface area contributed by atoms with E-state index in [2.05, 4.69) is 82.9 Å². The second-order valence-electron chi connectivity index (χ2n) is 40.3. The van der Waals surface area contributed by atoms with Crippen LogP contribution in [0, 0.1) is 20.8 Å². The molecule has 1 fully saturated rings. The molecule has 5 aromatic carbocycles. The van der Waals surface area contributed by atoms with Gasteiger partial charge in [0.05, 0.1) is 56.0 Å². The molecule has 2 aromatic heterocycles. The van der Waals surface area contributed by atoms with Gasteiger partial charge in [-0.2, -0.15) is 4.72 Å². The number of aliphatic hydroxyl groups is 1. The molecule has 772 valence electrons. The van der Waals surface area contributed by atoms with E-state index in [1.807, 2.05) is 93.4 Å². The minimum Gasteiger partial charge on any atom is -0.468 e. The number of benzene rings is 5. The first-order valence-electron chi connectivity index (χ1n) is 48.0. The molecular weight excluding hydrogens is 1830 g/mol. The lowest BCUT2D eigenvalue weighted by atomic mass is 9.76. The standard InChI is InChI=1S/C103H147N15O22S/c1-70-58-71(2)92(72(3)59-70)141(132,133)112-81(96(131)134-19)64-108-93(128)78-65-117(82-60-73(38-39-77(82)91(78)127)63-109-97-107-45-47-118(97)103(74-32-23-20-24-33-74,75-34-25-21-26-35-75)76-36-27-22-28-37-76)46-29-42-104-83(119)40-41-84(120)105-43-30-56-135-57-31-44-106-94(129)79(61-86(122)136-98(4,5)6)111-95(130)80(62-87(123)137-99(7,8)9)110-85(121)66-113-48-50-114(67-88(124)138-100(10,11)12)52-54-116(69-90(126)140-102(16,17)18)55-53-115(51-49-113)68-89(125)139-101(13,14)15/h20-28,32-39,45,47,58-60,65,79-81,85,110,112,121H,29-31,40-44,46,48-57,61-64,66-69H2,1-19H3,(H,104,119)(H,105,120)(H,106,129)(H,107,109)(H,108,128)(H,111,130)/t79-,80-,81?,85?/m1/s1. The van der Waals surface area contributed by atoms with Crippen molar-refractivity contribution in [2.45, 2.75) is 245 Å². The molecule has 38 heteroatoms. The molecule has 4 atom stereocenters. The highest BCUT2D eigenvalue weighted by Gasteiger charge is 2.41. The molecule has 5 amide bonds. The van der Waals surface area contributed by atoms with Gasteiger partial charge in [-0.3, -0.25) is 87.0 Å². The monoisotopic (exact) mass is 1980 g/mol. The van der Waals surface area contributed by atoms with Crippen LogP contribution < -0.4 is 47.4 Å². The lowest BCUT2D eigenvalue weighted by molar-refractivity contribution is -0.158. The maximum absolute atomic E-state index is 14.7. The molecule has 1 aliphatic rings. The quantitative estimate of drug-likeness (QED) is 0.00582. The van der Waals surface area contributed by atoms with E-state index in [0.29, 0.717) is 42.1 Å². The van der Waals surface area contributed by atoms with E-state index in [0.717, 1.165) is 34.9 Å². The van der Waals surface area contributed by atoms with E-state index in [1.165, 1.54) is 6.20 Å². The molecule has 8 rings (SSSR count). The highest BCUT2D eigenvalue weighted by atomic mass is 32.2. The average Bonchev–Trinajstić information content (AvgIpc) is 1.70. The van der Waals surface area contributed by atoms with Gasteiger partial charge >= 0.3 is 35.8 Å². The number of nitrogens with one attached hydrogen (secondary N) is 8. The second-order valence-corrected chi connectivity index (χ2v) is 41.9. The fourth-order valence-electron chi connectivity index (χ4n) is 16.3. The van der Waals surface area contributed by atoms with Crippen LogP contribution in [0.15, 0.2) is 150 Å². The summed E-state index contributed by atoms with van der Waals surface area (Å²) in [6.07, 6.45) is 2.77. The van der Waals surface area contributed by atoms with Gasteiger partial charge in [-0.25, -0.2) is 13.4 Å². The Hall–Kier alpha value is -11.9. The number of imidazole rings is 1. The predicted molar refractivity (Wildman–Crippen MR) is 533 cm³/mol. The number of sulfonamides is 1. The molecule has 0 bridgehead atoms. The second kappa shape index (κ2) is 52.7. The molecule has 9 N–H and O–H groups in total. The van der Waals surface area contributed by atoms with Crippen LogP contribution in [0.1, 0.15) is 198 Å². The third kappa shape index (κ3) is 38.2. The van der Waals surface area contributed by atoms with E-state index in [9.17, 15) is 71.1 Å². The van der Waals surface area contributed by atoms with Crippen LogP contribution in [0.25, 0.3) is 10.9 Å². The molecule has 141 heavy (non-hydrogen) atoms. The summed E-state index contributed by atoms with van der Waals surface area (Å²) >= 11 is 0. The number of carbonyl (C=O) groups is 11. The Balaban J connectivity index is 0.872. The zero-order chi connectivity index (χ0) is 104. The Bertz CT molecular complexity index is 5380. The SMILES string of the molecule is COC(=O)C(CNC(=O)c1cn(CCCNC(=O)CCC(=O)NCCCOCCCNC(=O)[C@@H](CC(=O)OC(C)(C)C)NC(=O)[C@@H](CC(=O)OC(C)(C)C)NC(O)CN2CCN(CC(=O)OC(C)(C)C)CCN(CC(=O)OC(C)(C)C)CCN(CC(=O)OC(C)(C)C)CC2)c2cc(CNc3nccn3C(c3ccccc3)(c3ccccc3)c3ccccc3)ccc2c1=O)NS(=O)(=O)c1c(C)cc(C)cc1C. The van der Waals surface area contributed by atoms with E-state index >= 15 is 0 Å². The summed E-state index contributed by atoms with van der Waals surface area (Å²) in [7, 11) is -3.29. The number of β-amino-alcohol motifs (C(OH)–C–C–N with tert-alkyl or cyclic N) is 1. The van der Waals surface area contributed by atoms with Crippen molar-refractivity contribution in [2.75, 3.05) is 130 Å². The van der Waals surface area contributed by atoms with Crippen molar-refractivity contribution in [3.05, 3.63) is 195 Å². The number of aliphatic hydroxyl groups excluding tert-OH is 1. The van der Waals surface area contributed by atoms with E-state index in [-0.39, 0.29) is 153 Å². The number of fused-ring (bicyclic) bond motifs is 1. The van der Waals surface area contributed by atoms with E-state index in [1.54, 1.807) is 153 Å². The molecule has 0 spiro atoms. The van der Waals surface area contributed by atoms with Gasteiger partial charge in [0.2, 0.25) is 45.0 Å². The van der Waals surface area contributed by atoms with Crippen molar-refractivity contribution in [1.29, 1.82) is 0 Å². The lowest BCUT2D eigenvalue weighted by Crippen LogP contribution is -2.57. The number of hydrogen-bond acceptors (Lipinski definition) is 29. The van der Waals surface area contributed by atoms with Crippen molar-refractivity contribution in [2.24, 2.45) is 0 Å². The van der Waals surface area contributed by atoms with Crippen LogP contribution in [0.5, 0.6) is 0 Å². The van der Waals surface area contributed by atoms with Crippen molar-refractivity contribution in [3.63, 3.8) is 0 Å². The highest BCUT2D eigenvalue weighted by Crippen LogP contribution is 2.43. The molecule has 0 saturated carbocycles. The zero-order valence-electron chi connectivity index (χ0n) is 85.2. The minimum atomic E-state index is -4.37. The molecule has 1 saturated heterocycles. The van der Waals surface area contributed by atoms with Gasteiger partial charge in [0.15, 0.2) is 0 Å². The number of ether oxygens (including phenoxy) is 7. The maximum atomic E-state index is 14.7. The normalized spacial score (nSPS) is 14.7. The van der Waals surface area contributed by atoms with Gasteiger partial charge in [-0.1, -0.05) is 115 Å². The number of rotatable bonds is 46. The van der Waals surface area contributed by atoms with Gasteiger partial charge in [0.25, 0.3) is 5.91 Å². The Kier molecular flexibility index (Phi) is 42.8. The first-order chi connectivity index (χ1) is 66.3. The van der Waals surface area contributed by atoms with Gasteiger partial charge in [-0.15, -0.1) is 0 Å². The molecule has 3 heterocycles. The van der Waals surface area contributed by atoms with Gasteiger partial charge in [0.1, 0.15) is 57.4 Å². The maximum Gasteiger partial charge on any atom is 0.325 e. The van der Waals surface area contributed by atoms with Crippen molar-refractivity contribution in [3.8, 4) is 0 Å². The van der Waals surface area contributed by atoms with Crippen molar-refractivity contribution in [1.82, 2.24) is 70.3 Å². The third-order valence-corrected chi connectivity index (χ3v) is 24.0. The summed E-state index contributed by atoms with van der Waals surface area (Å²) in [6, 6.07) is 34.2. The van der Waals surface area contributed by atoms with Gasteiger partial charge in [-0.05, 0) is 189 Å². The summed E-state index contributed by atoms with van der Waals surface area (Å²) in [5, 5.41) is 32.3. The first kappa shape index (κ1) is 114. The Morgan fingerprint density at radius 3 is 1.39 bits per heavy atom. The smallest absolute Gasteiger partial charge is 0.325 e. The Morgan fingerprint density at radius 2 is 0.936 bits per heavy atom. The number of nitrogens with zero attached hydrogens (tertiary/aromatic N) is 7. The molecule has 37 nitrogen and oxygen atoms in total. The molecule has 7 aromatic rings.